The number of nitrogens with zero attached hydrogens (tertiary/aromatic N) is 3. The Hall–Kier alpha value is -1.26. The molecular formula is C10H19N3O2. The van der Waals surface area contributed by atoms with Crippen molar-refractivity contribution < 1.29 is 9.59 Å². The second-order valence-corrected chi connectivity index (χ2v) is 3.69. The lowest BCUT2D eigenvalue weighted by Crippen LogP contribution is -2.54. The van der Waals surface area contributed by atoms with Crippen LogP contribution in [0.2, 0.25) is 0 Å². The summed E-state index contributed by atoms with van der Waals surface area (Å²) in [4.78, 5) is 28.3. The van der Waals surface area contributed by atoms with Gasteiger partial charge in [0.25, 0.3) is 0 Å². The fourth-order valence-electron chi connectivity index (χ4n) is 1.62. The highest BCUT2D eigenvalue weighted by Crippen LogP contribution is 2.05. The smallest absolute Gasteiger partial charge is 0.320 e. The van der Waals surface area contributed by atoms with Crippen LogP contribution in [0.15, 0.2) is 0 Å². The van der Waals surface area contributed by atoms with E-state index in [0.29, 0.717) is 26.2 Å². The monoisotopic (exact) mass is 213 g/mol. The predicted octanol–water partition coefficient (Wildman–Crippen LogP) is 0.222. The minimum Gasteiger partial charge on any atom is -0.342 e. The molecule has 0 unspecified atom stereocenters. The van der Waals surface area contributed by atoms with E-state index in [1.54, 1.807) is 21.7 Å². The molecule has 1 saturated heterocycles. The van der Waals surface area contributed by atoms with Crippen molar-refractivity contribution in [1.82, 2.24) is 14.7 Å². The second-order valence-electron chi connectivity index (χ2n) is 3.69. The molecule has 0 atom stereocenters. The molecule has 0 radical (unpaired) electrons. The maximum Gasteiger partial charge on any atom is 0.320 e. The van der Waals surface area contributed by atoms with Crippen LogP contribution in [-0.4, -0.2) is 66.4 Å². The van der Waals surface area contributed by atoms with Gasteiger partial charge in [-0.2, -0.15) is 0 Å². The third-order valence-electron chi connectivity index (χ3n) is 2.76. The fourth-order valence-corrected chi connectivity index (χ4v) is 1.62. The van der Waals surface area contributed by atoms with E-state index >= 15 is 0 Å². The molecule has 5 heteroatoms. The first-order valence-corrected chi connectivity index (χ1v) is 5.38. The number of rotatable bonds is 2. The summed E-state index contributed by atoms with van der Waals surface area (Å²) in [6, 6.07) is -0.0264. The standard InChI is InChI=1S/C10H19N3O2/c1-4-12(5-2)10(15)13-7-6-11(3)9(14)8-13/h4-8H2,1-3H3. The van der Waals surface area contributed by atoms with Gasteiger partial charge in [-0.05, 0) is 13.8 Å². The highest BCUT2D eigenvalue weighted by molar-refractivity contribution is 5.85. The summed E-state index contributed by atoms with van der Waals surface area (Å²) in [5, 5.41) is 0. The van der Waals surface area contributed by atoms with Gasteiger partial charge < -0.3 is 14.7 Å². The largest absolute Gasteiger partial charge is 0.342 e. The van der Waals surface area contributed by atoms with E-state index in [0.717, 1.165) is 0 Å². The first-order valence-electron chi connectivity index (χ1n) is 5.38. The van der Waals surface area contributed by atoms with Crippen molar-refractivity contribution in [2.45, 2.75) is 13.8 Å². The van der Waals surface area contributed by atoms with Crippen molar-refractivity contribution in [2.75, 3.05) is 39.8 Å². The molecule has 1 rings (SSSR count). The molecule has 0 spiro atoms. The number of piperazine rings is 1. The van der Waals surface area contributed by atoms with E-state index in [1.807, 2.05) is 13.8 Å². The molecule has 0 bridgehead atoms. The molecule has 1 heterocycles. The van der Waals surface area contributed by atoms with Gasteiger partial charge in [0, 0.05) is 33.2 Å². The molecular weight excluding hydrogens is 194 g/mol. The Morgan fingerprint density at radius 3 is 2.40 bits per heavy atom. The number of urea groups is 1. The Bertz CT molecular complexity index is 251. The molecule has 0 aromatic carbocycles. The lowest BCUT2D eigenvalue weighted by atomic mass is 10.3. The number of hydrogen-bond acceptors (Lipinski definition) is 2. The van der Waals surface area contributed by atoms with Crippen molar-refractivity contribution in [2.24, 2.45) is 0 Å². The predicted molar refractivity (Wildman–Crippen MR) is 57.5 cm³/mol. The average molecular weight is 213 g/mol. The molecule has 0 aromatic rings. The molecule has 3 amide bonds. The Morgan fingerprint density at radius 1 is 1.33 bits per heavy atom. The van der Waals surface area contributed by atoms with Crippen LogP contribution < -0.4 is 0 Å². The zero-order valence-corrected chi connectivity index (χ0v) is 9.69. The molecule has 0 aromatic heterocycles. The highest BCUT2D eigenvalue weighted by Gasteiger charge is 2.26. The first kappa shape index (κ1) is 11.8. The molecule has 0 aliphatic carbocycles. The first-order chi connectivity index (χ1) is 7.10. The van der Waals surface area contributed by atoms with Crippen LogP contribution in [-0.2, 0) is 4.79 Å². The van der Waals surface area contributed by atoms with Crippen LogP contribution in [0.3, 0.4) is 0 Å². The van der Waals surface area contributed by atoms with E-state index in [1.165, 1.54) is 0 Å². The Balaban J connectivity index is 2.57. The Labute approximate surface area is 90.6 Å². The van der Waals surface area contributed by atoms with Crippen molar-refractivity contribution in [3.63, 3.8) is 0 Å². The van der Waals surface area contributed by atoms with Crippen molar-refractivity contribution >= 4 is 11.9 Å². The Kier molecular flexibility index (Phi) is 3.94. The zero-order chi connectivity index (χ0) is 11.4. The summed E-state index contributed by atoms with van der Waals surface area (Å²) in [6.07, 6.45) is 0. The number of amides is 3. The van der Waals surface area contributed by atoms with E-state index in [2.05, 4.69) is 0 Å². The lowest BCUT2D eigenvalue weighted by Gasteiger charge is -2.35. The molecule has 1 fully saturated rings. The van der Waals surface area contributed by atoms with Gasteiger partial charge in [0.05, 0.1) is 0 Å². The van der Waals surface area contributed by atoms with Crippen LogP contribution in [0, 0.1) is 0 Å². The van der Waals surface area contributed by atoms with E-state index in [4.69, 9.17) is 0 Å². The zero-order valence-electron chi connectivity index (χ0n) is 9.69. The molecule has 86 valence electrons. The third kappa shape index (κ3) is 2.61. The number of hydrogen-bond donors (Lipinski definition) is 0. The van der Waals surface area contributed by atoms with Gasteiger partial charge in [-0.3, -0.25) is 4.79 Å². The van der Waals surface area contributed by atoms with Crippen LogP contribution in [0.4, 0.5) is 4.79 Å². The van der Waals surface area contributed by atoms with Crippen LogP contribution in [0.25, 0.3) is 0 Å². The van der Waals surface area contributed by atoms with Crippen LogP contribution in [0.1, 0.15) is 13.8 Å². The molecule has 1 aliphatic heterocycles. The molecule has 5 nitrogen and oxygen atoms in total. The summed E-state index contributed by atoms with van der Waals surface area (Å²) < 4.78 is 0. The van der Waals surface area contributed by atoms with Crippen molar-refractivity contribution in [3.05, 3.63) is 0 Å². The topological polar surface area (TPSA) is 43.9 Å². The van der Waals surface area contributed by atoms with E-state index in [9.17, 15) is 9.59 Å². The number of carbonyl (C=O) groups excluding carboxylic acids is 2. The Morgan fingerprint density at radius 2 is 1.93 bits per heavy atom. The molecule has 0 saturated carbocycles. The van der Waals surface area contributed by atoms with Gasteiger partial charge in [-0.1, -0.05) is 0 Å². The summed E-state index contributed by atoms with van der Waals surface area (Å²) in [5.74, 6) is 0.0155. The molecule has 0 N–H and O–H groups in total. The minimum atomic E-state index is -0.0264. The van der Waals surface area contributed by atoms with Gasteiger partial charge in [0.2, 0.25) is 5.91 Å². The summed E-state index contributed by atoms with van der Waals surface area (Å²) >= 11 is 0. The minimum absolute atomic E-state index is 0.0155. The fraction of sp³-hybridized carbons (Fsp3) is 0.800. The lowest BCUT2D eigenvalue weighted by molar-refractivity contribution is -0.133. The van der Waals surface area contributed by atoms with Crippen molar-refractivity contribution in [1.29, 1.82) is 0 Å². The summed E-state index contributed by atoms with van der Waals surface area (Å²) in [5.41, 5.74) is 0. The number of likely N-dealkylation sites (N-methyl/N-ethyl adjacent to an activating group) is 1. The van der Waals surface area contributed by atoms with Crippen LogP contribution >= 0.6 is 0 Å². The van der Waals surface area contributed by atoms with Crippen molar-refractivity contribution in [3.8, 4) is 0 Å². The normalized spacial score (nSPS) is 16.9. The maximum atomic E-state index is 11.9. The summed E-state index contributed by atoms with van der Waals surface area (Å²) in [7, 11) is 1.77. The van der Waals surface area contributed by atoms with Gasteiger partial charge in [0.15, 0.2) is 0 Å². The average Bonchev–Trinajstić information content (AvgIpc) is 2.23. The SMILES string of the molecule is CCN(CC)C(=O)N1CCN(C)C(=O)C1. The van der Waals surface area contributed by atoms with E-state index < -0.39 is 0 Å². The summed E-state index contributed by atoms with van der Waals surface area (Å²) in [6.45, 7) is 6.75. The molecule has 15 heavy (non-hydrogen) atoms. The van der Waals surface area contributed by atoms with Gasteiger partial charge in [-0.25, -0.2) is 4.79 Å². The highest BCUT2D eigenvalue weighted by atomic mass is 16.2. The van der Waals surface area contributed by atoms with Gasteiger partial charge in [-0.15, -0.1) is 0 Å². The number of carbonyl (C=O) groups is 2. The van der Waals surface area contributed by atoms with Gasteiger partial charge in [0.1, 0.15) is 6.54 Å². The van der Waals surface area contributed by atoms with Crippen LogP contribution in [0.5, 0.6) is 0 Å². The van der Waals surface area contributed by atoms with E-state index in [-0.39, 0.29) is 18.5 Å². The second kappa shape index (κ2) is 5.00. The maximum absolute atomic E-state index is 11.9. The van der Waals surface area contributed by atoms with Gasteiger partial charge >= 0.3 is 6.03 Å². The molecule has 1 aliphatic rings. The third-order valence-corrected chi connectivity index (χ3v) is 2.76. The quantitative estimate of drug-likeness (QED) is 0.658.